The molecule has 0 spiro atoms. The number of morpholine rings is 1. The van der Waals surface area contributed by atoms with Crippen molar-refractivity contribution in [3.63, 3.8) is 0 Å². The third kappa shape index (κ3) is 4.25. The average molecular weight is 375 g/mol. The lowest BCUT2D eigenvalue weighted by Gasteiger charge is -2.52. The smallest absolute Gasteiger partial charge is 0.161 e. The van der Waals surface area contributed by atoms with Crippen LogP contribution in [0.25, 0.3) is 0 Å². The van der Waals surface area contributed by atoms with Crippen LogP contribution < -0.4 is 9.47 Å². The summed E-state index contributed by atoms with van der Waals surface area (Å²) in [7, 11) is 1.72. The SMILES string of the molecule is CCOc1ccc(CN2CC3CCCC(C2)C3N2CCOCC2)cc1OC. The third-order valence-electron chi connectivity index (χ3n) is 6.50. The summed E-state index contributed by atoms with van der Waals surface area (Å²) in [6.07, 6.45) is 4.16. The predicted octanol–water partition coefficient (Wildman–Crippen LogP) is 3.03. The summed E-state index contributed by atoms with van der Waals surface area (Å²) >= 11 is 0. The second-order valence-electron chi connectivity index (χ2n) is 8.20. The molecule has 5 heteroatoms. The van der Waals surface area contributed by atoms with Gasteiger partial charge in [-0.25, -0.2) is 0 Å². The molecule has 2 bridgehead atoms. The van der Waals surface area contributed by atoms with Gasteiger partial charge in [-0.05, 0) is 49.3 Å². The summed E-state index contributed by atoms with van der Waals surface area (Å²) in [6, 6.07) is 7.17. The van der Waals surface area contributed by atoms with E-state index >= 15 is 0 Å². The number of nitrogens with zero attached hydrogens (tertiary/aromatic N) is 2. The van der Waals surface area contributed by atoms with Gasteiger partial charge in [0.05, 0.1) is 26.9 Å². The number of piperidine rings is 1. The van der Waals surface area contributed by atoms with Crippen LogP contribution in [0.2, 0.25) is 0 Å². The van der Waals surface area contributed by atoms with E-state index in [0.29, 0.717) is 6.61 Å². The fourth-order valence-corrected chi connectivity index (χ4v) is 5.45. The molecule has 0 N–H and O–H groups in total. The number of likely N-dealkylation sites (tertiary alicyclic amines) is 1. The maximum atomic E-state index is 5.66. The topological polar surface area (TPSA) is 34.2 Å². The van der Waals surface area contributed by atoms with Crippen molar-refractivity contribution in [1.82, 2.24) is 9.80 Å². The van der Waals surface area contributed by atoms with Gasteiger partial charge >= 0.3 is 0 Å². The fourth-order valence-electron chi connectivity index (χ4n) is 5.45. The molecule has 1 aromatic carbocycles. The molecule has 2 aliphatic heterocycles. The Balaban J connectivity index is 1.43. The Bertz CT molecular complexity index is 604. The molecule has 2 atom stereocenters. The van der Waals surface area contributed by atoms with Crippen LogP contribution in [0.3, 0.4) is 0 Å². The highest BCUT2D eigenvalue weighted by Crippen LogP contribution is 2.39. The largest absolute Gasteiger partial charge is 0.493 e. The lowest BCUT2D eigenvalue weighted by molar-refractivity contribution is -0.0623. The monoisotopic (exact) mass is 374 g/mol. The van der Waals surface area contributed by atoms with Crippen molar-refractivity contribution in [3.05, 3.63) is 23.8 Å². The molecule has 3 aliphatic rings. The summed E-state index contributed by atoms with van der Waals surface area (Å²) in [4.78, 5) is 5.40. The maximum Gasteiger partial charge on any atom is 0.161 e. The summed E-state index contributed by atoms with van der Waals surface area (Å²) in [6.45, 7) is 10.2. The van der Waals surface area contributed by atoms with Gasteiger partial charge in [0.2, 0.25) is 0 Å². The van der Waals surface area contributed by atoms with Gasteiger partial charge in [0, 0.05) is 38.8 Å². The van der Waals surface area contributed by atoms with Crippen molar-refractivity contribution in [3.8, 4) is 11.5 Å². The molecule has 1 aliphatic carbocycles. The van der Waals surface area contributed by atoms with Crippen molar-refractivity contribution in [1.29, 1.82) is 0 Å². The van der Waals surface area contributed by atoms with Gasteiger partial charge in [-0.1, -0.05) is 12.5 Å². The normalized spacial score (nSPS) is 29.5. The van der Waals surface area contributed by atoms with E-state index in [4.69, 9.17) is 14.2 Å². The molecule has 0 aromatic heterocycles. The van der Waals surface area contributed by atoms with E-state index in [0.717, 1.165) is 62.2 Å². The average Bonchev–Trinajstić information content (AvgIpc) is 2.69. The highest BCUT2D eigenvalue weighted by atomic mass is 16.5. The zero-order chi connectivity index (χ0) is 18.6. The summed E-state index contributed by atoms with van der Waals surface area (Å²) in [5.74, 6) is 3.30. The number of methoxy groups -OCH3 is 1. The summed E-state index contributed by atoms with van der Waals surface area (Å²) in [5.41, 5.74) is 1.32. The number of hydrogen-bond donors (Lipinski definition) is 0. The Morgan fingerprint density at radius 1 is 1.07 bits per heavy atom. The number of fused-ring (bicyclic) bond motifs is 2. The molecule has 4 rings (SSSR count). The number of hydrogen-bond acceptors (Lipinski definition) is 5. The highest BCUT2D eigenvalue weighted by molar-refractivity contribution is 5.43. The molecule has 5 nitrogen and oxygen atoms in total. The third-order valence-corrected chi connectivity index (χ3v) is 6.50. The van der Waals surface area contributed by atoms with Crippen LogP contribution in [0, 0.1) is 11.8 Å². The molecule has 0 amide bonds. The highest BCUT2D eigenvalue weighted by Gasteiger charge is 2.42. The first-order valence-electron chi connectivity index (χ1n) is 10.6. The van der Waals surface area contributed by atoms with E-state index in [9.17, 15) is 0 Å². The van der Waals surface area contributed by atoms with Gasteiger partial charge in [-0.15, -0.1) is 0 Å². The van der Waals surface area contributed by atoms with Crippen molar-refractivity contribution in [2.75, 3.05) is 53.1 Å². The van der Waals surface area contributed by atoms with E-state index in [2.05, 4.69) is 28.0 Å². The molecule has 150 valence electrons. The molecule has 1 saturated carbocycles. The van der Waals surface area contributed by atoms with Gasteiger partial charge in [0.1, 0.15) is 0 Å². The van der Waals surface area contributed by atoms with Crippen LogP contribution in [-0.2, 0) is 11.3 Å². The second-order valence-corrected chi connectivity index (χ2v) is 8.20. The first-order valence-corrected chi connectivity index (χ1v) is 10.6. The molecule has 3 fully saturated rings. The first-order chi connectivity index (χ1) is 13.3. The first kappa shape index (κ1) is 19.0. The molecule has 2 unspecified atom stereocenters. The van der Waals surface area contributed by atoms with Crippen molar-refractivity contribution in [2.45, 2.75) is 38.8 Å². The van der Waals surface area contributed by atoms with Crippen LogP contribution in [-0.4, -0.2) is 69.0 Å². The minimum Gasteiger partial charge on any atom is -0.493 e. The predicted molar refractivity (Wildman–Crippen MR) is 106 cm³/mol. The van der Waals surface area contributed by atoms with E-state index in [1.165, 1.54) is 37.9 Å². The molecule has 27 heavy (non-hydrogen) atoms. The van der Waals surface area contributed by atoms with Crippen LogP contribution in [0.15, 0.2) is 18.2 Å². The fraction of sp³-hybridized carbons (Fsp3) is 0.727. The number of benzene rings is 1. The Labute approximate surface area is 163 Å². The van der Waals surface area contributed by atoms with E-state index in [-0.39, 0.29) is 0 Å². The van der Waals surface area contributed by atoms with Gasteiger partial charge in [0.25, 0.3) is 0 Å². The number of ether oxygens (including phenoxy) is 3. The molecule has 2 heterocycles. The van der Waals surface area contributed by atoms with Crippen LogP contribution in [0.5, 0.6) is 11.5 Å². The molecular weight excluding hydrogens is 340 g/mol. The Hall–Kier alpha value is -1.30. The van der Waals surface area contributed by atoms with Gasteiger partial charge < -0.3 is 14.2 Å². The minimum atomic E-state index is 0.661. The quantitative estimate of drug-likeness (QED) is 0.765. The maximum absolute atomic E-state index is 5.66. The Kier molecular flexibility index (Phi) is 6.21. The van der Waals surface area contributed by atoms with E-state index in [1.807, 2.05) is 6.92 Å². The van der Waals surface area contributed by atoms with Crippen molar-refractivity contribution >= 4 is 0 Å². The Morgan fingerprint density at radius 3 is 2.48 bits per heavy atom. The van der Waals surface area contributed by atoms with Gasteiger partial charge in [-0.2, -0.15) is 0 Å². The van der Waals surface area contributed by atoms with Crippen molar-refractivity contribution in [2.24, 2.45) is 11.8 Å². The number of rotatable bonds is 6. The molecular formula is C22H34N2O3. The minimum absolute atomic E-state index is 0.661. The van der Waals surface area contributed by atoms with E-state index < -0.39 is 0 Å². The van der Waals surface area contributed by atoms with Gasteiger partial charge in [0.15, 0.2) is 11.5 Å². The lowest BCUT2D eigenvalue weighted by atomic mass is 9.72. The van der Waals surface area contributed by atoms with E-state index in [1.54, 1.807) is 7.11 Å². The summed E-state index contributed by atoms with van der Waals surface area (Å²) in [5, 5.41) is 0. The zero-order valence-electron chi connectivity index (χ0n) is 16.9. The van der Waals surface area contributed by atoms with Crippen LogP contribution >= 0.6 is 0 Å². The van der Waals surface area contributed by atoms with Crippen LogP contribution in [0.1, 0.15) is 31.7 Å². The standard InChI is InChI=1S/C22H34N2O3/c1-3-27-20-8-7-17(13-21(20)25-2)14-23-15-18-5-4-6-19(16-23)22(18)24-9-11-26-12-10-24/h7-8,13,18-19,22H,3-6,9-12,14-16H2,1-2H3. The summed E-state index contributed by atoms with van der Waals surface area (Å²) < 4.78 is 16.8. The van der Waals surface area contributed by atoms with Gasteiger partial charge in [-0.3, -0.25) is 9.80 Å². The molecule has 1 aromatic rings. The van der Waals surface area contributed by atoms with Crippen molar-refractivity contribution < 1.29 is 14.2 Å². The molecule has 0 radical (unpaired) electrons. The molecule has 2 saturated heterocycles. The lowest BCUT2D eigenvalue weighted by Crippen LogP contribution is -2.59. The Morgan fingerprint density at radius 2 is 1.81 bits per heavy atom. The zero-order valence-corrected chi connectivity index (χ0v) is 16.9. The second kappa shape index (κ2) is 8.80. The van der Waals surface area contributed by atoms with Crippen LogP contribution in [0.4, 0.5) is 0 Å².